The van der Waals surface area contributed by atoms with Gasteiger partial charge in [-0.25, -0.2) is 23.4 Å². The average Bonchev–Trinajstić information content (AvgIpc) is 3.28. The zero-order chi connectivity index (χ0) is 22.1. The SMILES string of the molecule is O=C(Nc1cc(C2CC(F)(F)C2)no1)NC1Cc2nccn2C1.O=C(O)C(F)(F)F. The Hall–Kier alpha value is -3.19. The Kier molecular flexibility index (Phi) is 5.67. The van der Waals surface area contributed by atoms with Crippen molar-refractivity contribution in [2.45, 2.75) is 49.9 Å². The van der Waals surface area contributed by atoms with Crippen molar-refractivity contribution in [1.82, 2.24) is 20.0 Å². The van der Waals surface area contributed by atoms with Gasteiger partial charge in [0.05, 0.1) is 11.7 Å². The summed E-state index contributed by atoms with van der Waals surface area (Å²) in [5.41, 5.74) is 0.451. The predicted molar refractivity (Wildman–Crippen MR) is 89.0 cm³/mol. The van der Waals surface area contributed by atoms with E-state index >= 15 is 0 Å². The molecule has 2 aromatic rings. The van der Waals surface area contributed by atoms with Crippen LogP contribution in [-0.4, -0.2) is 50.0 Å². The number of hydrogen-bond donors (Lipinski definition) is 3. The predicted octanol–water partition coefficient (Wildman–Crippen LogP) is 2.76. The van der Waals surface area contributed by atoms with Crippen LogP contribution in [-0.2, 0) is 17.8 Å². The summed E-state index contributed by atoms with van der Waals surface area (Å²) in [6.45, 7) is 0.668. The van der Waals surface area contributed by atoms with Crippen LogP contribution >= 0.6 is 0 Å². The van der Waals surface area contributed by atoms with Crippen LogP contribution in [0, 0.1) is 0 Å². The van der Waals surface area contributed by atoms with Crippen molar-refractivity contribution in [2.75, 3.05) is 5.32 Å². The van der Waals surface area contributed by atoms with E-state index in [0.29, 0.717) is 18.7 Å². The highest BCUT2D eigenvalue weighted by Gasteiger charge is 2.47. The van der Waals surface area contributed by atoms with E-state index in [4.69, 9.17) is 14.4 Å². The fourth-order valence-electron chi connectivity index (χ4n) is 3.06. The average molecular weight is 437 g/mol. The van der Waals surface area contributed by atoms with Gasteiger partial charge in [-0.15, -0.1) is 0 Å². The number of aliphatic carboxylic acids is 1. The van der Waals surface area contributed by atoms with E-state index in [9.17, 15) is 26.7 Å². The number of alkyl halides is 5. The first-order valence-electron chi connectivity index (χ1n) is 8.65. The second-order valence-electron chi connectivity index (χ2n) is 6.88. The molecule has 1 aliphatic heterocycles. The van der Waals surface area contributed by atoms with Crippen molar-refractivity contribution in [1.29, 1.82) is 0 Å². The lowest BCUT2D eigenvalue weighted by Gasteiger charge is -2.33. The van der Waals surface area contributed by atoms with Gasteiger partial charge < -0.3 is 19.5 Å². The Morgan fingerprint density at radius 1 is 1.30 bits per heavy atom. The summed E-state index contributed by atoms with van der Waals surface area (Å²) in [5.74, 6) is -4.58. The molecule has 1 atom stereocenters. The number of rotatable bonds is 3. The molecule has 0 radical (unpaired) electrons. The Balaban J connectivity index is 0.000000318. The second-order valence-corrected chi connectivity index (χ2v) is 6.88. The van der Waals surface area contributed by atoms with Crippen LogP contribution < -0.4 is 10.6 Å². The standard InChI is InChI=1S/C14H15F2N5O2.C2HF3O2/c15-14(16)5-8(6-14)10-4-12(23-20-10)19-13(22)18-9-3-11-17-1-2-21(11)7-9;3-2(4,5)1(6)7/h1-2,4,8-9H,3,5-7H2,(H2,18,19,22);(H,6,7). The highest BCUT2D eigenvalue weighted by molar-refractivity contribution is 5.88. The number of fused-ring (bicyclic) bond motifs is 1. The topological polar surface area (TPSA) is 122 Å². The molecule has 0 spiro atoms. The van der Waals surface area contributed by atoms with E-state index in [1.807, 2.05) is 10.8 Å². The first kappa shape index (κ1) is 21.5. The highest BCUT2D eigenvalue weighted by Crippen LogP contribution is 2.48. The lowest BCUT2D eigenvalue weighted by molar-refractivity contribution is -0.192. The van der Waals surface area contributed by atoms with Crippen molar-refractivity contribution in [3.05, 3.63) is 30.0 Å². The lowest BCUT2D eigenvalue weighted by atomic mass is 9.79. The quantitative estimate of drug-likeness (QED) is 0.635. The first-order valence-corrected chi connectivity index (χ1v) is 8.65. The third kappa shape index (κ3) is 5.24. The summed E-state index contributed by atoms with van der Waals surface area (Å²) in [6.07, 6.45) is -1.27. The number of urea groups is 1. The van der Waals surface area contributed by atoms with Gasteiger partial charge >= 0.3 is 18.2 Å². The summed E-state index contributed by atoms with van der Waals surface area (Å²) in [4.78, 5) is 25.0. The van der Waals surface area contributed by atoms with Crippen LogP contribution in [0.3, 0.4) is 0 Å². The normalized spacial score (nSPS) is 19.8. The van der Waals surface area contributed by atoms with Crippen LogP contribution in [0.4, 0.5) is 32.6 Å². The number of carboxylic acids is 1. The highest BCUT2D eigenvalue weighted by atomic mass is 19.4. The van der Waals surface area contributed by atoms with Crippen LogP contribution in [0.15, 0.2) is 23.0 Å². The molecule has 1 aliphatic carbocycles. The molecule has 14 heteroatoms. The number of anilines is 1. The van der Waals surface area contributed by atoms with Gasteiger partial charge in [0.1, 0.15) is 5.82 Å². The minimum absolute atomic E-state index is 0.0357. The third-order valence-electron chi connectivity index (χ3n) is 4.50. The largest absolute Gasteiger partial charge is 0.490 e. The molecule has 2 aromatic heterocycles. The third-order valence-corrected chi connectivity index (χ3v) is 4.50. The number of carboxylic acid groups (broad SMARTS) is 1. The minimum atomic E-state index is -5.08. The Labute approximate surface area is 165 Å². The molecule has 1 saturated carbocycles. The molecule has 1 fully saturated rings. The summed E-state index contributed by atoms with van der Waals surface area (Å²) in [6, 6.07) is 1.05. The maximum absolute atomic E-state index is 12.9. The fourth-order valence-corrected chi connectivity index (χ4v) is 3.06. The van der Waals surface area contributed by atoms with Gasteiger partial charge in [0.2, 0.25) is 11.8 Å². The number of aromatic nitrogens is 3. The van der Waals surface area contributed by atoms with Gasteiger partial charge in [-0.3, -0.25) is 5.32 Å². The van der Waals surface area contributed by atoms with E-state index < -0.39 is 24.1 Å². The van der Waals surface area contributed by atoms with Gasteiger partial charge in [0.25, 0.3) is 0 Å². The first-order chi connectivity index (χ1) is 13.9. The molecule has 30 heavy (non-hydrogen) atoms. The molecule has 0 bridgehead atoms. The van der Waals surface area contributed by atoms with Gasteiger partial charge in [0.15, 0.2) is 0 Å². The van der Waals surface area contributed by atoms with Gasteiger partial charge in [-0.2, -0.15) is 13.2 Å². The smallest absolute Gasteiger partial charge is 0.475 e. The van der Waals surface area contributed by atoms with Crippen LogP contribution in [0.1, 0.15) is 30.3 Å². The van der Waals surface area contributed by atoms with Gasteiger partial charge in [0, 0.05) is 50.2 Å². The molecule has 3 N–H and O–H groups in total. The van der Waals surface area contributed by atoms with Crippen molar-refractivity contribution in [3.63, 3.8) is 0 Å². The Bertz CT molecular complexity index is 897. The molecule has 2 amide bonds. The van der Waals surface area contributed by atoms with Crippen LogP contribution in [0.2, 0.25) is 0 Å². The lowest BCUT2D eigenvalue weighted by Crippen LogP contribution is -2.38. The molecule has 0 saturated heterocycles. The van der Waals surface area contributed by atoms with Crippen molar-refractivity contribution in [3.8, 4) is 0 Å². The Morgan fingerprint density at radius 2 is 1.97 bits per heavy atom. The van der Waals surface area contributed by atoms with Crippen LogP contribution in [0.5, 0.6) is 0 Å². The van der Waals surface area contributed by atoms with Crippen molar-refractivity contribution >= 4 is 17.9 Å². The fraction of sp³-hybridized carbons (Fsp3) is 0.500. The molecular formula is C16H16F5N5O4. The molecule has 4 rings (SSSR count). The number of amides is 2. The summed E-state index contributed by atoms with van der Waals surface area (Å²) in [7, 11) is 0. The molecule has 9 nitrogen and oxygen atoms in total. The molecule has 164 valence electrons. The number of carbonyl (C=O) groups excluding carboxylic acids is 1. The second kappa shape index (κ2) is 7.91. The van der Waals surface area contributed by atoms with Crippen molar-refractivity contribution in [2.24, 2.45) is 0 Å². The number of carbonyl (C=O) groups is 2. The Morgan fingerprint density at radius 3 is 2.53 bits per heavy atom. The zero-order valence-electron chi connectivity index (χ0n) is 15.1. The minimum Gasteiger partial charge on any atom is -0.475 e. The summed E-state index contributed by atoms with van der Waals surface area (Å²) >= 11 is 0. The van der Waals surface area contributed by atoms with Crippen LogP contribution in [0.25, 0.3) is 0 Å². The number of hydrogen-bond acceptors (Lipinski definition) is 5. The number of imidazole rings is 1. The maximum atomic E-state index is 12.9. The summed E-state index contributed by atoms with van der Waals surface area (Å²) in [5, 5.41) is 16.2. The molecule has 2 aliphatic rings. The van der Waals surface area contributed by atoms with E-state index in [1.165, 1.54) is 6.07 Å². The number of halogens is 5. The van der Waals surface area contributed by atoms with Crippen molar-refractivity contribution < 1.29 is 41.2 Å². The maximum Gasteiger partial charge on any atom is 0.490 e. The molecule has 1 unspecified atom stereocenters. The van der Waals surface area contributed by atoms with E-state index in [2.05, 4.69) is 20.8 Å². The molecule has 3 heterocycles. The molecule has 0 aromatic carbocycles. The van der Waals surface area contributed by atoms with E-state index in [1.54, 1.807) is 6.20 Å². The number of nitrogens with zero attached hydrogens (tertiary/aromatic N) is 3. The van der Waals surface area contributed by atoms with E-state index in [0.717, 1.165) is 5.82 Å². The monoisotopic (exact) mass is 437 g/mol. The summed E-state index contributed by atoms with van der Waals surface area (Å²) < 4.78 is 64.4. The number of nitrogens with one attached hydrogen (secondary N) is 2. The van der Waals surface area contributed by atoms with Gasteiger partial charge in [-0.1, -0.05) is 5.16 Å². The molecular weight excluding hydrogens is 421 g/mol. The van der Waals surface area contributed by atoms with Gasteiger partial charge in [-0.05, 0) is 0 Å². The zero-order valence-corrected chi connectivity index (χ0v) is 15.1. The van der Waals surface area contributed by atoms with E-state index in [-0.39, 0.29) is 30.7 Å².